The van der Waals surface area contributed by atoms with Crippen LogP contribution in [0, 0.1) is 11.3 Å². The summed E-state index contributed by atoms with van der Waals surface area (Å²) in [5, 5.41) is 11.3. The molecule has 0 spiro atoms. The van der Waals surface area contributed by atoms with Crippen LogP contribution >= 0.6 is 0 Å². The Morgan fingerprint density at radius 3 is 2.65 bits per heavy atom. The molecule has 0 aliphatic rings. The minimum absolute atomic E-state index is 0.0458. The molecule has 0 aliphatic heterocycles. The lowest BCUT2D eigenvalue weighted by Crippen LogP contribution is -2.02. The highest BCUT2D eigenvalue weighted by molar-refractivity contribution is 5.87. The molecule has 0 aromatic heterocycles. The maximum Gasteiger partial charge on any atom is 0.131 e. The molecule has 1 unspecified atom stereocenters. The van der Waals surface area contributed by atoms with Crippen molar-refractivity contribution in [1.82, 2.24) is 0 Å². The third kappa shape index (κ3) is 2.34. The molecule has 0 aliphatic carbocycles. The SMILES string of the molecule is CC(=O)CC(C#N)c1cccc2ccccc12. The summed E-state index contributed by atoms with van der Waals surface area (Å²) in [5.41, 5.74) is 0.945. The summed E-state index contributed by atoms with van der Waals surface area (Å²) in [6.45, 7) is 1.52. The van der Waals surface area contributed by atoms with E-state index < -0.39 is 0 Å². The molecule has 2 nitrogen and oxygen atoms in total. The Morgan fingerprint density at radius 2 is 1.94 bits per heavy atom. The number of ketones is 1. The van der Waals surface area contributed by atoms with E-state index in [-0.39, 0.29) is 18.1 Å². The van der Waals surface area contributed by atoms with Gasteiger partial charge in [-0.25, -0.2) is 0 Å². The lowest BCUT2D eigenvalue weighted by Gasteiger charge is -2.10. The van der Waals surface area contributed by atoms with Gasteiger partial charge in [0, 0.05) is 6.42 Å². The van der Waals surface area contributed by atoms with Crippen LogP contribution in [0.2, 0.25) is 0 Å². The molecule has 0 radical (unpaired) electrons. The van der Waals surface area contributed by atoms with Crippen LogP contribution in [0.25, 0.3) is 10.8 Å². The van der Waals surface area contributed by atoms with Crippen LogP contribution in [0.4, 0.5) is 0 Å². The second kappa shape index (κ2) is 4.80. The molecule has 2 rings (SSSR count). The van der Waals surface area contributed by atoms with Crippen molar-refractivity contribution >= 4 is 16.6 Å². The highest BCUT2D eigenvalue weighted by Crippen LogP contribution is 2.27. The van der Waals surface area contributed by atoms with Crippen molar-refractivity contribution in [2.45, 2.75) is 19.3 Å². The van der Waals surface area contributed by atoms with Gasteiger partial charge in [0.05, 0.1) is 12.0 Å². The van der Waals surface area contributed by atoms with Crippen LogP contribution in [-0.2, 0) is 4.79 Å². The van der Waals surface area contributed by atoms with Crippen LogP contribution in [0.3, 0.4) is 0 Å². The van der Waals surface area contributed by atoms with Crippen LogP contribution < -0.4 is 0 Å². The zero-order chi connectivity index (χ0) is 12.3. The van der Waals surface area contributed by atoms with E-state index in [4.69, 9.17) is 0 Å². The molecule has 0 amide bonds. The molecular formula is C15H13NO. The van der Waals surface area contributed by atoms with E-state index in [0.717, 1.165) is 16.3 Å². The van der Waals surface area contributed by atoms with Gasteiger partial charge in [0.1, 0.15) is 5.78 Å². The molecule has 0 bridgehead atoms. The van der Waals surface area contributed by atoms with Gasteiger partial charge >= 0.3 is 0 Å². The first-order valence-corrected chi connectivity index (χ1v) is 5.59. The van der Waals surface area contributed by atoms with Gasteiger partial charge in [-0.15, -0.1) is 0 Å². The fraction of sp³-hybridized carbons (Fsp3) is 0.200. The van der Waals surface area contributed by atoms with Crippen LogP contribution in [0.5, 0.6) is 0 Å². The predicted octanol–water partition coefficient (Wildman–Crippen LogP) is 3.43. The quantitative estimate of drug-likeness (QED) is 0.799. The molecule has 1 atom stereocenters. The number of Topliss-reactive ketones (excluding diaryl/α,β-unsaturated/α-hetero) is 1. The van der Waals surface area contributed by atoms with Crippen LogP contribution in [-0.4, -0.2) is 5.78 Å². The summed E-state index contributed by atoms with van der Waals surface area (Å²) in [6.07, 6.45) is 0.282. The maximum absolute atomic E-state index is 11.2. The minimum atomic E-state index is -0.349. The fourth-order valence-corrected chi connectivity index (χ4v) is 2.07. The standard InChI is InChI=1S/C15H13NO/c1-11(17)9-13(10-16)15-8-4-6-12-5-2-3-7-14(12)15/h2-8,13H,9H2,1H3. The summed E-state index contributed by atoms with van der Waals surface area (Å²) in [6, 6.07) is 16.0. The number of fused-ring (bicyclic) bond motifs is 1. The number of hydrogen-bond donors (Lipinski definition) is 0. The van der Waals surface area contributed by atoms with Gasteiger partial charge < -0.3 is 0 Å². The number of rotatable bonds is 3. The first-order valence-electron chi connectivity index (χ1n) is 5.59. The van der Waals surface area contributed by atoms with E-state index in [0.29, 0.717) is 0 Å². The van der Waals surface area contributed by atoms with Crippen LogP contribution in [0.1, 0.15) is 24.8 Å². The Balaban J connectivity index is 2.54. The summed E-state index contributed by atoms with van der Waals surface area (Å²) in [7, 11) is 0. The lowest BCUT2D eigenvalue weighted by atomic mass is 9.91. The summed E-state index contributed by atoms with van der Waals surface area (Å²) in [5.74, 6) is -0.303. The van der Waals surface area contributed by atoms with Crippen molar-refractivity contribution in [2.75, 3.05) is 0 Å². The van der Waals surface area contributed by atoms with E-state index in [1.807, 2.05) is 42.5 Å². The molecular weight excluding hydrogens is 210 g/mol. The Kier molecular flexibility index (Phi) is 3.20. The van der Waals surface area contributed by atoms with Crippen molar-refractivity contribution in [3.05, 3.63) is 48.0 Å². The molecule has 0 N–H and O–H groups in total. The van der Waals surface area contributed by atoms with E-state index >= 15 is 0 Å². The first kappa shape index (κ1) is 11.3. The Labute approximate surface area is 100 Å². The average Bonchev–Trinajstić information content (AvgIpc) is 2.35. The predicted molar refractivity (Wildman–Crippen MR) is 67.6 cm³/mol. The molecule has 2 aromatic carbocycles. The molecule has 0 fully saturated rings. The van der Waals surface area contributed by atoms with Gasteiger partial charge in [-0.1, -0.05) is 42.5 Å². The molecule has 0 heterocycles. The smallest absolute Gasteiger partial charge is 0.131 e. The van der Waals surface area contributed by atoms with Gasteiger partial charge in [-0.05, 0) is 23.3 Å². The molecule has 17 heavy (non-hydrogen) atoms. The zero-order valence-corrected chi connectivity index (χ0v) is 9.68. The van der Waals surface area contributed by atoms with E-state index in [9.17, 15) is 10.1 Å². The van der Waals surface area contributed by atoms with Crippen molar-refractivity contribution < 1.29 is 4.79 Å². The summed E-state index contributed by atoms with van der Waals surface area (Å²) in [4.78, 5) is 11.2. The van der Waals surface area contributed by atoms with E-state index in [1.165, 1.54) is 6.92 Å². The number of carbonyl (C=O) groups excluding carboxylic acids is 1. The Morgan fingerprint density at radius 1 is 1.24 bits per heavy atom. The highest BCUT2D eigenvalue weighted by Gasteiger charge is 2.15. The Hall–Kier alpha value is -2.14. The van der Waals surface area contributed by atoms with Crippen molar-refractivity contribution in [1.29, 1.82) is 5.26 Å². The second-order valence-electron chi connectivity index (χ2n) is 4.16. The summed E-state index contributed by atoms with van der Waals surface area (Å²) >= 11 is 0. The number of nitrogens with zero attached hydrogens (tertiary/aromatic N) is 1. The lowest BCUT2D eigenvalue weighted by molar-refractivity contribution is -0.117. The normalized spacial score (nSPS) is 12.0. The fourth-order valence-electron chi connectivity index (χ4n) is 2.07. The number of hydrogen-bond acceptors (Lipinski definition) is 2. The molecule has 2 heteroatoms. The summed E-state index contributed by atoms with van der Waals surface area (Å²) < 4.78 is 0. The van der Waals surface area contributed by atoms with E-state index in [2.05, 4.69) is 6.07 Å². The third-order valence-electron chi connectivity index (χ3n) is 2.85. The minimum Gasteiger partial charge on any atom is -0.300 e. The molecule has 0 saturated carbocycles. The largest absolute Gasteiger partial charge is 0.300 e. The first-order chi connectivity index (χ1) is 8.22. The topological polar surface area (TPSA) is 40.9 Å². The average molecular weight is 223 g/mol. The monoisotopic (exact) mass is 223 g/mol. The zero-order valence-electron chi connectivity index (χ0n) is 9.68. The van der Waals surface area contributed by atoms with Gasteiger partial charge in [0.2, 0.25) is 0 Å². The van der Waals surface area contributed by atoms with Crippen molar-refractivity contribution in [3.63, 3.8) is 0 Å². The highest BCUT2D eigenvalue weighted by atomic mass is 16.1. The molecule has 2 aromatic rings. The second-order valence-corrected chi connectivity index (χ2v) is 4.16. The maximum atomic E-state index is 11.2. The number of carbonyl (C=O) groups is 1. The van der Waals surface area contributed by atoms with Gasteiger partial charge in [0.15, 0.2) is 0 Å². The van der Waals surface area contributed by atoms with Crippen LogP contribution in [0.15, 0.2) is 42.5 Å². The molecule has 0 saturated heterocycles. The molecule has 84 valence electrons. The van der Waals surface area contributed by atoms with Gasteiger partial charge in [0.25, 0.3) is 0 Å². The number of nitriles is 1. The van der Waals surface area contributed by atoms with E-state index in [1.54, 1.807) is 0 Å². The van der Waals surface area contributed by atoms with Crippen molar-refractivity contribution in [2.24, 2.45) is 0 Å². The Bertz CT molecular complexity index is 590. The third-order valence-corrected chi connectivity index (χ3v) is 2.85. The van der Waals surface area contributed by atoms with Crippen molar-refractivity contribution in [3.8, 4) is 6.07 Å². The van der Waals surface area contributed by atoms with Gasteiger partial charge in [-0.3, -0.25) is 4.79 Å². The number of benzene rings is 2. The van der Waals surface area contributed by atoms with Gasteiger partial charge in [-0.2, -0.15) is 5.26 Å².